The monoisotopic (exact) mass is 366 g/mol. The molecule has 0 aliphatic carbocycles. The third kappa shape index (κ3) is 4.40. The minimum atomic E-state index is -0.436. The van der Waals surface area contributed by atoms with Gasteiger partial charge in [0, 0.05) is 10.6 Å². The zero-order chi connectivity index (χ0) is 17.5. The summed E-state index contributed by atoms with van der Waals surface area (Å²) in [6, 6.07) is 10.0. The van der Waals surface area contributed by atoms with Gasteiger partial charge in [0.2, 0.25) is 0 Å². The van der Waals surface area contributed by atoms with Crippen LogP contribution in [-0.4, -0.2) is 25.8 Å². The average molecular weight is 367 g/mol. The second-order valence-corrected chi connectivity index (χ2v) is 5.48. The Bertz CT molecular complexity index is 763. The molecule has 0 unspecified atom stereocenters. The van der Waals surface area contributed by atoms with Crippen LogP contribution in [-0.2, 0) is 0 Å². The molecule has 5 nitrogen and oxygen atoms in total. The molecule has 0 atom stereocenters. The van der Waals surface area contributed by atoms with E-state index in [2.05, 4.69) is 10.5 Å². The van der Waals surface area contributed by atoms with Gasteiger partial charge in [0.15, 0.2) is 11.5 Å². The number of para-hydroxylation sites is 1. The number of hydrazone groups is 1. The highest BCUT2D eigenvalue weighted by Gasteiger charge is 2.11. The molecular formula is C17H16Cl2N2O3. The van der Waals surface area contributed by atoms with E-state index in [0.29, 0.717) is 28.7 Å². The summed E-state index contributed by atoms with van der Waals surface area (Å²) in [6.45, 7) is 2.35. The molecule has 0 fully saturated rings. The van der Waals surface area contributed by atoms with Gasteiger partial charge in [-0.2, -0.15) is 5.10 Å². The van der Waals surface area contributed by atoms with E-state index in [1.54, 1.807) is 31.4 Å². The van der Waals surface area contributed by atoms with Gasteiger partial charge in [-0.1, -0.05) is 29.3 Å². The molecule has 1 N–H and O–H groups in total. The van der Waals surface area contributed by atoms with Gasteiger partial charge in [0.25, 0.3) is 5.91 Å². The van der Waals surface area contributed by atoms with Crippen LogP contribution in [0.1, 0.15) is 22.8 Å². The zero-order valence-corrected chi connectivity index (χ0v) is 14.7. The number of hydrogen-bond acceptors (Lipinski definition) is 4. The minimum Gasteiger partial charge on any atom is -0.493 e. The highest BCUT2D eigenvalue weighted by atomic mass is 35.5. The number of carbonyl (C=O) groups is 1. The Morgan fingerprint density at radius 3 is 2.75 bits per heavy atom. The molecule has 24 heavy (non-hydrogen) atoms. The van der Waals surface area contributed by atoms with Crippen molar-refractivity contribution in [3.63, 3.8) is 0 Å². The first-order valence-corrected chi connectivity index (χ1v) is 7.90. The molecule has 0 bridgehead atoms. The normalized spacial score (nSPS) is 10.7. The van der Waals surface area contributed by atoms with Gasteiger partial charge >= 0.3 is 0 Å². The summed E-state index contributed by atoms with van der Waals surface area (Å²) < 4.78 is 10.8. The van der Waals surface area contributed by atoms with Crippen molar-refractivity contribution < 1.29 is 14.3 Å². The van der Waals surface area contributed by atoms with Crippen molar-refractivity contribution in [2.45, 2.75) is 6.92 Å². The summed E-state index contributed by atoms with van der Waals surface area (Å²) >= 11 is 11.8. The Kier molecular flexibility index (Phi) is 6.46. The van der Waals surface area contributed by atoms with Gasteiger partial charge in [0.1, 0.15) is 0 Å². The molecule has 2 aromatic rings. The van der Waals surface area contributed by atoms with E-state index < -0.39 is 5.91 Å². The summed E-state index contributed by atoms with van der Waals surface area (Å²) in [5.74, 6) is 0.715. The Labute approximate surface area is 150 Å². The van der Waals surface area contributed by atoms with Crippen LogP contribution in [0.4, 0.5) is 0 Å². The number of carbonyl (C=O) groups excluding carboxylic acids is 1. The number of methoxy groups -OCH3 is 1. The van der Waals surface area contributed by atoms with Gasteiger partial charge in [-0.25, -0.2) is 5.43 Å². The van der Waals surface area contributed by atoms with Crippen LogP contribution in [0.2, 0.25) is 10.0 Å². The number of hydrogen-bond donors (Lipinski definition) is 1. The third-order valence-corrected chi connectivity index (χ3v) is 3.61. The number of ether oxygens (including phenoxy) is 2. The van der Waals surface area contributed by atoms with Crippen LogP contribution in [0.25, 0.3) is 0 Å². The summed E-state index contributed by atoms with van der Waals surface area (Å²) in [6.07, 6.45) is 1.48. The van der Waals surface area contributed by atoms with Crippen LogP contribution in [0, 0.1) is 0 Å². The largest absolute Gasteiger partial charge is 0.493 e. The third-order valence-electron chi connectivity index (χ3n) is 3.06. The molecule has 0 aliphatic rings. The molecule has 0 spiro atoms. The topological polar surface area (TPSA) is 59.9 Å². The second kappa shape index (κ2) is 8.57. The van der Waals surface area contributed by atoms with Crippen molar-refractivity contribution in [1.29, 1.82) is 0 Å². The number of nitrogens with zero attached hydrogens (tertiary/aromatic N) is 1. The molecule has 2 rings (SSSR count). The molecule has 7 heteroatoms. The molecule has 0 heterocycles. The fourth-order valence-electron chi connectivity index (χ4n) is 1.99. The van der Waals surface area contributed by atoms with Gasteiger partial charge < -0.3 is 9.47 Å². The van der Waals surface area contributed by atoms with Crippen LogP contribution in [0.5, 0.6) is 11.5 Å². The van der Waals surface area contributed by atoms with E-state index >= 15 is 0 Å². The predicted molar refractivity (Wildman–Crippen MR) is 95.7 cm³/mol. The maximum atomic E-state index is 12.1. The van der Waals surface area contributed by atoms with E-state index in [1.165, 1.54) is 18.3 Å². The summed E-state index contributed by atoms with van der Waals surface area (Å²) in [5.41, 5.74) is 3.39. The second-order valence-electron chi connectivity index (χ2n) is 4.63. The van der Waals surface area contributed by atoms with Gasteiger partial charge in [-0.3, -0.25) is 4.79 Å². The summed E-state index contributed by atoms with van der Waals surface area (Å²) in [5, 5.41) is 4.66. The highest BCUT2D eigenvalue weighted by molar-refractivity contribution is 6.36. The lowest BCUT2D eigenvalue weighted by molar-refractivity contribution is 0.0955. The lowest BCUT2D eigenvalue weighted by atomic mass is 10.2. The van der Waals surface area contributed by atoms with Crippen molar-refractivity contribution in [2.75, 3.05) is 13.7 Å². The van der Waals surface area contributed by atoms with Gasteiger partial charge in [-0.15, -0.1) is 0 Å². The number of rotatable bonds is 6. The summed E-state index contributed by atoms with van der Waals surface area (Å²) in [7, 11) is 1.56. The molecule has 0 aliphatic heterocycles. The number of nitrogens with one attached hydrogen (secondary N) is 1. The fourth-order valence-corrected chi connectivity index (χ4v) is 2.48. The molecule has 2 aromatic carbocycles. The van der Waals surface area contributed by atoms with Crippen molar-refractivity contribution in [2.24, 2.45) is 5.10 Å². The first-order chi connectivity index (χ1) is 11.6. The molecule has 0 radical (unpaired) electrons. The van der Waals surface area contributed by atoms with Crippen LogP contribution >= 0.6 is 23.2 Å². The van der Waals surface area contributed by atoms with E-state index in [4.69, 9.17) is 32.7 Å². The van der Waals surface area contributed by atoms with E-state index in [0.717, 1.165) is 0 Å². The standard InChI is InChI=1S/C17H16Cl2N2O3/c1-3-24-16-11(5-4-6-15(16)23-2)10-20-21-17(22)13-8-7-12(18)9-14(13)19/h4-10H,3H2,1-2H3,(H,21,22)/b20-10+. The Balaban J connectivity index is 2.15. The summed E-state index contributed by atoms with van der Waals surface area (Å²) in [4.78, 5) is 12.1. The quantitative estimate of drug-likeness (QED) is 0.616. The van der Waals surface area contributed by atoms with E-state index in [-0.39, 0.29) is 10.6 Å². The Morgan fingerprint density at radius 2 is 2.08 bits per heavy atom. The highest BCUT2D eigenvalue weighted by Crippen LogP contribution is 2.30. The Hall–Kier alpha value is -2.24. The first kappa shape index (κ1) is 18.1. The molecule has 1 amide bonds. The van der Waals surface area contributed by atoms with Crippen molar-refractivity contribution >= 4 is 35.3 Å². The predicted octanol–water partition coefficient (Wildman–Crippen LogP) is 4.16. The number of halogens is 2. The minimum absolute atomic E-state index is 0.256. The lowest BCUT2D eigenvalue weighted by Gasteiger charge is -2.11. The van der Waals surface area contributed by atoms with Crippen LogP contribution < -0.4 is 14.9 Å². The SMILES string of the molecule is CCOc1c(/C=N/NC(=O)c2ccc(Cl)cc2Cl)cccc1OC. The molecule has 0 saturated heterocycles. The average Bonchev–Trinajstić information content (AvgIpc) is 2.56. The fraction of sp³-hybridized carbons (Fsp3) is 0.176. The van der Waals surface area contributed by atoms with Crippen LogP contribution in [0.3, 0.4) is 0 Å². The van der Waals surface area contributed by atoms with E-state index in [9.17, 15) is 4.79 Å². The molecular weight excluding hydrogens is 351 g/mol. The zero-order valence-electron chi connectivity index (χ0n) is 13.2. The lowest BCUT2D eigenvalue weighted by Crippen LogP contribution is -2.18. The number of benzene rings is 2. The molecule has 0 saturated carbocycles. The van der Waals surface area contributed by atoms with Crippen molar-refractivity contribution in [3.8, 4) is 11.5 Å². The number of amides is 1. The molecule has 0 aromatic heterocycles. The maximum absolute atomic E-state index is 12.1. The van der Waals surface area contributed by atoms with Gasteiger partial charge in [0.05, 0.1) is 30.5 Å². The smallest absolute Gasteiger partial charge is 0.272 e. The Morgan fingerprint density at radius 1 is 1.29 bits per heavy atom. The van der Waals surface area contributed by atoms with Crippen molar-refractivity contribution in [1.82, 2.24) is 5.43 Å². The van der Waals surface area contributed by atoms with Crippen molar-refractivity contribution in [3.05, 3.63) is 57.6 Å². The van der Waals surface area contributed by atoms with Gasteiger partial charge in [-0.05, 0) is 37.3 Å². The van der Waals surface area contributed by atoms with E-state index in [1.807, 2.05) is 6.92 Å². The van der Waals surface area contributed by atoms with Crippen LogP contribution in [0.15, 0.2) is 41.5 Å². The molecule has 126 valence electrons. The first-order valence-electron chi connectivity index (χ1n) is 7.15. The maximum Gasteiger partial charge on any atom is 0.272 e.